The molecule has 0 heterocycles. The molecule has 20 heavy (non-hydrogen) atoms. The average molecular weight is 308 g/mol. The number of nitrogens with zero attached hydrogens (tertiary/aromatic N) is 1. The monoisotopic (exact) mass is 307 g/mol. The molecule has 2 aromatic carbocycles. The van der Waals surface area contributed by atoms with E-state index in [-0.39, 0.29) is 11.5 Å². The van der Waals surface area contributed by atoms with Crippen LogP contribution in [-0.4, -0.2) is 10.8 Å². The number of nitro groups is 1. The third kappa shape index (κ3) is 3.09. The molecule has 0 aromatic heterocycles. The number of para-hydroxylation sites is 1. The third-order valence-electron chi connectivity index (χ3n) is 2.52. The van der Waals surface area contributed by atoms with Crippen LogP contribution in [0.4, 0.5) is 5.69 Å². The Hall–Kier alpha value is -2.05. The highest BCUT2D eigenvalue weighted by molar-refractivity contribution is 7.99. The van der Waals surface area contributed by atoms with Gasteiger partial charge in [-0.1, -0.05) is 35.5 Å². The predicted octanol–water partition coefficient (Wildman–Crippen LogP) is 3.68. The first-order chi connectivity index (χ1) is 9.49. The Kier molecular flexibility index (Phi) is 4.26. The van der Waals surface area contributed by atoms with Gasteiger partial charge in [0.05, 0.1) is 9.82 Å². The molecule has 0 spiro atoms. The standard InChI is InChI=1S/C13H10ClN3O2S/c14-8-5-6-9(13(15)16)12(7-8)20-11-4-2-1-3-10(11)17(18)19/h1-7H,(H3,15,16). The van der Waals surface area contributed by atoms with Gasteiger partial charge in [0.1, 0.15) is 5.84 Å². The highest BCUT2D eigenvalue weighted by Gasteiger charge is 2.16. The Labute approximate surface area is 124 Å². The van der Waals surface area contributed by atoms with Gasteiger partial charge in [0, 0.05) is 21.5 Å². The van der Waals surface area contributed by atoms with Gasteiger partial charge in [-0.15, -0.1) is 0 Å². The molecular weight excluding hydrogens is 298 g/mol. The van der Waals surface area contributed by atoms with E-state index in [1.165, 1.54) is 6.07 Å². The topological polar surface area (TPSA) is 93.0 Å². The number of nitrogens with two attached hydrogens (primary N) is 1. The number of hydrogen-bond acceptors (Lipinski definition) is 4. The molecule has 0 atom stereocenters. The van der Waals surface area contributed by atoms with E-state index in [2.05, 4.69) is 0 Å². The van der Waals surface area contributed by atoms with Crippen molar-refractivity contribution in [3.63, 3.8) is 0 Å². The average Bonchev–Trinajstić information content (AvgIpc) is 2.38. The van der Waals surface area contributed by atoms with Gasteiger partial charge in [-0.25, -0.2) is 0 Å². The van der Waals surface area contributed by atoms with Gasteiger partial charge >= 0.3 is 0 Å². The maximum Gasteiger partial charge on any atom is 0.283 e. The summed E-state index contributed by atoms with van der Waals surface area (Å²) in [5.41, 5.74) is 6.01. The molecule has 3 N–H and O–H groups in total. The molecule has 5 nitrogen and oxygen atoms in total. The maximum absolute atomic E-state index is 11.0. The highest BCUT2D eigenvalue weighted by Crippen LogP contribution is 2.37. The quantitative estimate of drug-likeness (QED) is 0.390. The molecule has 0 aliphatic heterocycles. The summed E-state index contributed by atoms with van der Waals surface area (Å²) in [5, 5.41) is 19.0. The van der Waals surface area contributed by atoms with E-state index in [0.29, 0.717) is 20.4 Å². The zero-order valence-corrected chi connectivity index (χ0v) is 11.7. The van der Waals surface area contributed by atoms with Crippen LogP contribution in [0.25, 0.3) is 0 Å². The largest absolute Gasteiger partial charge is 0.384 e. The first-order valence-electron chi connectivity index (χ1n) is 5.54. The highest BCUT2D eigenvalue weighted by atomic mass is 35.5. The van der Waals surface area contributed by atoms with Crippen molar-refractivity contribution in [2.45, 2.75) is 9.79 Å². The normalized spacial score (nSPS) is 10.2. The Morgan fingerprint density at radius 3 is 2.60 bits per heavy atom. The summed E-state index contributed by atoms with van der Waals surface area (Å²) >= 11 is 7.10. The Bertz CT molecular complexity index is 691. The summed E-state index contributed by atoms with van der Waals surface area (Å²) in [6.07, 6.45) is 0. The minimum atomic E-state index is -0.444. The van der Waals surface area contributed by atoms with E-state index in [1.54, 1.807) is 36.4 Å². The van der Waals surface area contributed by atoms with Crippen molar-refractivity contribution < 1.29 is 4.92 Å². The molecule has 0 saturated carbocycles. The van der Waals surface area contributed by atoms with E-state index in [9.17, 15) is 10.1 Å². The first kappa shape index (κ1) is 14.4. The number of amidine groups is 1. The number of benzene rings is 2. The number of rotatable bonds is 4. The van der Waals surface area contributed by atoms with E-state index in [0.717, 1.165) is 11.8 Å². The summed E-state index contributed by atoms with van der Waals surface area (Å²) in [6, 6.07) is 11.3. The molecular formula is C13H10ClN3O2S. The number of nitro benzene ring substituents is 1. The molecule has 0 aliphatic rings. The zero-order valence-electron chi connectivity index (χ0n) is 10.2. The fourth-order valence-corrected chi connectivity index (χ4v) is 2.96. The van der Waals surface area contributed by atoms with Gasteiger partial charge in [0.25, 0.3) is 5.69 Å². The zero-order chi connectivity index (χ0) is 14.7. The Morgan fingerprint density at radius 2 is 1.95 bits per heavy atom. The summed E-state index contributed by atoms with van der Waals surface area (Å²) in [7, 11) is 0. The van der Waals surface area contributed by atoms with E-state index in [4.69, 9.17) is 22.7 Å². The van der Waals surface area contributed by atoms with Gasteiger partial charge in [-0.3, -0.25) is 15.5 Å². The molecule has 0 saturated heterocycles. The summed E-state index contributed by atoms with van der Waals surface area (Å²) < 4.78 is 0. The van der Waals surface area contributed by atoms with Crippen LogP contribution in [-0.2, 0) is 0 Å². The minimum absolute atomic E-state index is 0.00646. The van der Waals surface area contributed by atoms with Crippen molar-refractivity contribution in [2.24, 2.45) is 5.73 Å². The van der Waals surface area contributed by atoms with Crippen LogP contribution < -0.4 is 5.73 Å². The molecule has 0 aliphatic carbocycles. The predicted molar refractivity (Wildman–Crippen MR) is 79.7 cm³/mol. The molecule has 2 rings (SSSR count). The molecule has 0 bridgehead atoms. The Morgan fingerprint density at radius 1 is 1.25 bits per heavy atom. The Balaban J connectivity index is 2.47. The van der Waals surface area contributed by atoms with Crippen LogP contribution in [0.15, 0.2) is 52.3 Å². The van der Waals surface area contributed by atoms with E-state index < -0.39 is 4.92 Å². The van der Waals surface area contributed by atoms with Crippen molar-refractivity contribution in [1.82, 2.24) is 0 Å². The lowest BCUT2D eigenvalue weighted by Crippen LogP contribution is -2.12. The maximum atomic E-state index is 11.0. The van der Waals surface area contributed by atoms with Crippen molar-refractivity contribution in [3.8, 4) is 0 Å². The van der Waals surface area contributed by atoms with Crippen molar-refractivity contribution in [3.05, 3.63) is 63.2 Å². The first-order valence-corrected chi connectivity index (χ1v) is 6.73. The summed E-state index contributed by atoms with van der Waals surface area (Å²) in [4.78, 5) is 11.6. The van der Waals surface area contributed by atoms with E-state index in [1.807, 2.05) is 0 Å². The van der Waals surface area contributed by atoms with Crippen molar-refractivity contribution in [1.29, 1.82) is 5.41 Å². The minimum Gasteiger partial charge on any atom is -0.384 e. The van der Waals surface area contributed by atoms with Crippen LogP contribution in [0.1, 0.15) is 5.56 Å². The fraction of sp³-hybridized carbons (Fsp3) is 0. The van der Waals surface area contributed by atoms with Crippen molar-refractivity contribution >= 4 is 34.9 Å². The second-order valence-electron chi connectivity index (χ2n) is 3.88. The molecule has 0 amide bonds. The van der Waals surface area contributed by atoms with Crippen LogP contribution in [0, 0.1) is 15.5 Å². The smallest absolute Gasteiger partial charge is 0.283 e. The lowest BCUT2D eigenvalue weighted by atomic mass is 10.2. The molecule has 102 valence electrons. The fourth-order valence-electron chi connectivity index (χ4n) is 1.62. The number of halogens is 1. The summed E-state index contributed by atoms with van der Waals surface area (Å²) in [5.74, 6) is -0.109. The van der Waals surface area contributed by atoms with Gasteiger partial charge in [0.2, 0.25) is 0 Å². The number of hydrogen-bond donors (Lipinski definition) is 2. The van der Waals surface area contributed by atoms with Crippen molar-refractivity contribution in [2.75, 3.05) is 0 Å². The second-order valence-corrected chi connectivity index (χ2v) is 5.40. The van der Waals surface area contributed by atoms with Crippen LogP contribution in [0.5, 0.6) is 0 Å². The number of nitrogen functional groups attached to an aromatic ring is 1. The van der Waals surface area contributed by atoms with Crippen LogP contribution in [0.3, 0.4) is 0 Å². The molecule has 0 radical (unpaired) electrons. The van der Waals surface area contributed by atoms with Crippen LogP contribution in [0.2, 0.25) is 5.02 Å². The molecule has 0 unspecified atom stereocenters. The molecule has 0 fully saturated rings. The third-order valence-corrected chi connectivity index (χ3v) is 3.87. The van der Waals surface area contributed by atoms with Crippen LogP contribution >= 0.6 is 23.4 Å². The summed E-state index contributed by atoms with van der Waals surface area (Å²) in [6.45, 7) is 0. The van der Waals surface area contributed by atoms with Gasteiger partial charge in [0.15, 0.2) is 0 Å². The lowest BCUT2D eigenvalue weighted by molar-refractivity contribution is -0.387. The van der Waals surface area contributed by atoms with Gasteiger partial charge in [-0.05, 0) is 24.3 Å². The number of nitrogens with one attached hydrogen (secondary N) is 1. The van der Waals surface area contributed by atoms with E-state index >= 15 is 0 Å². The molecule has 7 heteroatoms. The van der Waals surface area contributed by atoms with Gasteiger partial charge in [-0.2, -0.15) is 0 Å². The van der Waals surface area contributed by atoms with Gasteiger partial charge < -0.3 is 5.73 Å². The SMILES string of the molecule is N=C(N)c1ccc(Cl)cc1Sc1ccccc1[N+](=O)[O-]. The lowest BCUT2D eigenvalue weighted by Gasteiger charge is -2.08. The second kappa shape index (κ2) is 5.94. The molecule has 2 aromatic rings.